The molecule has 1 aromatic rings. The molecule has 0 amide bonds. The molecule has 1 aromatic heterocycles. The van der Waals surface area contributed by atoms with Crippen molar-refractivity contribution in [3.63, 3.8) is 0 Å². The fourth-order valence-electron chi connectivity index (χ4n) is 4.99. The average molecular weight is 532 g/mol. The van der Waals surface area contributed by atoms with Gasteiger partial charge >= 0.3 is 0 Å². The third-order valence-electron chi connectivity index (χ3n) is 7.30. The Hall–Kier alpha value is -1.59. The summed E-state index contributed by atoms with van der Waals surface area (Å²) in [5, 5.41) is 13.9. The number of hydrogen-bond acceptors (Lipinski definition) is 5. The van der Waals surface area contributed by atoms with Gasteiger partial charge in [-0.05, 0) is 63.4 Å². The summed E-state index contributed by atoms with van der Waals surface area (Å²) in [5.74, 6) is 1.62. The van der Waals surface area contributed by atoms with E-state index in [0.29, 0.717) is 24.2 Å². The molecule has 4 nitrogen and oxygen atoms in total. The van der Waals surface area contributed by atoms with Gasteiger partial charge in [0.25, 0.3) is 0 Å². The number of aliphatic hydroxyl groups excluding tert-OH is 1. The maximum atomic E-state index is 12.8. The molecule has 4 atom stereocenters. The van der Waals surface area contributed by atoms with Crippen LogP contribution in [-0.4, -0.2) is 27.8 Å². The second-order valence-electron chi connectivity index (χ2n) is 12.3. The van der Waals surface area contributed by atoms with Crippen molar-refractivity contribution in [3.8, 4) is 0 Å². The highest BCUT2D eigenvalue weighted by molar-refractivity contribution is 7.09. The quantitative estimate of drug-likeness (QED) is 0.397. The van der Waals surface area contributed by atoms with Gasteiger partial charge in [0.1, 0.15) is 11.6 Å². The molecule has 5 heteroatoms. The van der Waals surface area contributed by atoms with Gasteiger partial charge in [-0.3, -0.25) is 9.59 Å². The van der Waals surface area contributed by atoms with Crippen LogP contribution in [0.3, 0.4) is 0 Å². The Kier molecular flexibility index (Phi) is 14.8. The van der Waals surface area contributed by atoms with Gasteiger partial charge in [0.15, 0.2) is 0 Å². The first-order chi connectivity index (χ1) is 17.3. The first kappa shape index (κ1) is 33.4. The standard InChI is InChI=1S/C22H38O3.C10H15NS/c1-15-8-7-9-16(2)13-18(4)21(25)22(5,6)20(24)14-19(23)11-10-17(3)12-15;1-4-5-9-7-12-10(11-9)6-8(2)3/h12,16-18,20,24H,7-11,13-14H2,1-6H3;4-5,7-8H,6H2,1-3H3/b15-12-;5-4-/t16?,17-,18?,20?;/m1./s1. The zero-order valence-electron chi connectivity index (χ0n) is 25.0. The van der Waals surface area contributed by atoms with E-state index in [4.69, 9.17) is 0 Å². The molecule has 37 heavy (non-hydrogen) atoms. The molecule has 2 rings (SSSR count). The van der Waals surface area contributed by atoms with Gasteiger partial charge in [-0.25, -0.2) is 4.98 Å². The molecule has 1 aliphatic carbocycles. The average Bonchev–Trinajstić information content (AvgIpc) is 3.23. The van der Waals surface area contributed by atoms with Crippen LogP contribution < -0.4 is 0 Å². The van der Waals surface area contributed by atoms with E-state index in [1.807, 2.05) is 26.0 Å². The normalized spacial score (nSPS) is 28.0. The largest absolute Gasteiger partial charge is 0.392 e. The van der Waals surface area contributed by atoms with Crippen molar-refractivity contribution in [2.24, 2.45) is 29.1 Å². The summed E-state index contributed by atoms with van der Waals surface area (Å²) in [7, 11) is 0. The minimum Gasteiger partial charge on any atom is -0.392 e. The Morgan fingerprint density at radius 3 is 2.46 bits per heavy atom. The number of carbonyl (C=O) groups excluding carboxylic acids is 2. The number of thiazole rings is 1. The minimum absolute atomic E-state index is 0.0550. The first-order valence-corrected chi connectivity index (χ1v) is 15.1. The van der Waals surface area contributed by atoms with E-state index in [-0.39, 0.29) is 23.9 Å². The van der Waals surface area contributed by atoms with Crippen molar-refractivity contribution in [1.29, 1.82) is 0 Å². The van der Waals surface area contributed by atoms with Crippen LogP contribution in [0.15, 0.2) is 23.1 Å². The second-order valence-corrected chi connectivity index (χ2v) is 13.2. The summed E-state index contributed by atoms with van der Waals surface area (Å²) in [6.07, 6.45) is 12.1. The fourth-order valence-corrected chi connectivity index (χ4v) is 5.96. The predicted octanol–water partition coefficient (Wildman–Crippen LogP) is 8.49. The van der Waals surface area contributed by atoms with Gasteiger partial charge in [0.05, 0.1) is 16.8 Å². The summed E-state index contributed by atoms with van der Waals surface area (Å²) in [4.78, 5) is 29.6. The Morgan fingerprint density at radius 2 is 1.84 bits per heavy atom. The van der Waals surface area contributed by atoms with Gasteiger partial charge in [-0.15, -0.1) is 11.3 Å². The van der Waals surface area contributed by atoms with E-state index < -0.39 is 11.5 Å². The topological polar surface area (TPSA) is 67.3 Å². The van der Waals surface area contributed by atoms with Gasteiger partial charge in [0, 0.05) is 36.0 Å². The molecule has 3 unspecified atom stereocenters. The lowest BCUT2D eigenvalue weighted by Crippen LogP contribution is -2.41. The van der Waals surface area contributed by atoms with Crippen LogP contribution in [0, 0.1) is 29.1 Å². The van der Waals surface area contributed by atoms with Crippen molar-refractivity contribution in [2.45, 2.75) is 120 Å². The Bertz CT molecular complexity index is 896. The van der Waals surface area contributed by atoms with E-state index in [1.54, 1.807) is 25.2 Å². The van der Waals surface area contributed by atoms with Crippen LogP contribution in [-0.2, 0) is 16.0 Å². The van der Waals surface area contributed by atoms with E-state index in [2.05, 4.69) is 51.1 Å². The number of carbonyl (C=O) groups is 2. The van der Waals surface area contributed by atoms with Gasteiger partial charge < -0.3 is 5.11 Å². The van der Waals surface area contributed by atoms with Crippen LogP contribution in [0.1, 0.15) is 118 Å². The number of rotatable bonds is 3. The third kappa shape index (κ3) is 12.7. The number of Topliss-reactive ketones (excluding diaryl/α,β-unsaturated/α-hetero) is 2. The molecule has 0 fully saturated rings. The first-order valence-electron chi connectivity index (χ1n) is 14.2. The monoisotopic (exact) mass is 531 g/mol. The molecule has 0 bridgehead atoms. The maximum Gasteiger partial charge on any atom is 0.143 e. The van der Waals surface area contributed by atoms with Crippen LogP contribution in [0.25, 0.3) is 6.08 Å². The Balaban J connectivity index is 0.000000474. The highest BCUT2D eigenvalue weighted by Gasteiger charge is 2.39. The number of nitrogens with zero attached hydrogens (tertiary/aromatic N) is 1. The van der Waals surface area contributed by atoms with Gasteiger partial charge in [-0.2, -0.15) is 0 Å². The van der Waals surface area contributed by atoms with Crippen molar-refractivity contribution >= 4 is 29.0 Å². The van der Waals surface area contributed by atoms with Gasteiger partial charge in [-0.1, -0.05) is 72.6 Å². The van der Waals surface area contributed by atoms with Crippen molar-refractivity contribution in [1.82, 2.24) is 4.98 Å². The van der Waals surface area contributed by atoms with E-state index in [9.17, 15) is 14.7 Å². The van der Waals surface area contributed by atoms with Crippen molar-refractivity contribution in [2.75, 3.05) is 0 Å². The molecule has 0 saturated heterocycles. The molecule has 0 spiro atoms. The molecule has 210 valence electrons. The van der Waals surface area contributed by atoms with Crippen molar-refractivity contribution in [3.05, 3.63) is 33.8 Å². The summed E-state index contributed by atoms with van der Waals surface area (Å²) in [5.41, 5.74) is 1.62. The van der Waals surface area contributed by atoms with Crippen molar-refractivity contribution < 1.29 is 14.7 Å². The molecule has 0 saturated carbocycles. The summed E-state index contributed by atoms with van der Waals surface area (Å²) in [6.45, 7) is 18.5. The fraction of sp³-hybridized carbons (Fsp3) is 0.719. The number of hydrogen-bond donors (Lipinski definition) is 1. The third-order valence-corrected chi connectivity index (χ3v) is 8.19. The zero-order chi connectivity index (χ0) is 28.2. The van der Waals surface area contributed by atoms with Crippen LogP contribution in [0.2, 0.25) is 0 Å². The summed E-state index contributed by atoms with van der Waals surface area (Å²) < 4.78 is 0. The van der Waals surface area contributed by atoms with E-state index >= 15 is 0 Å². The number of ketones is 2. The van der Waals surface area contributed by atoms with E-state index in [1.165, 1.54) is 10.6 Å². The second kappa shape index (κ2) is 16.4. The lowest BCUT2D eigenvalue weighted by atomic mass is 9.73. The molecule has 0 aliphatic heterocycles. The Morgan fingerprint density at radius 1 is 1.16 bits per heavy atom. The molecule has 0 radical (unpaired) electrons. The molecular weight excluding hydrogens is 478 g/mol. The number of allylic oxidation sites excluding steroid dienone is 3. The van der Waals surface area contributed by atoms with Crippen LogP contribution >= 0.6 is 11.3 Å². The highest BCUT2D eigenvalue weighted by atomic mass is 32.1. The zero-order valence-corrected chi connectivity index (χ0v) is 25.8. The lowest BCUT2D eigenvalue weighted by molar-refractivity contribution is -0.139. The molecule has 1 heterocycles. The highest BCUT2D eigenvalue weighted by Crippen LogP contribution is 2.32. The molecule has 1 aliphatic rings. The van der Waals surface area contributed by atoms with Gasteiger partial charge in [0.2, 0.25) is 0 Å². The predicted molar refractivity (Wildman–Crippen MR) is 159 cm³/mol. The summed E-state index contributed by atoms with van der Waals surface area (Å²) >= 11 is 1.76. The van der Waals surface area contributed by atoms with Crippen LogP contribution in [0.4, 0.5) is 0 Å². The smallest absolute Gasteiger partial charge is 0.143 e. The van der Waals surface area contributed by atoms with Crippen LogP contribution in [0.5, 0.6) is 0 Å². The Labute approximate surface area is 231 Å². The maximum absolute atomic E-state index is 12.8. The molecule has 1 N–H and O–H groups in total. The number of aromatic nitrogens is 1. The SMILES string of the molecule is C/C1=C/[C@H](C)CCC(=O)CC(O)C(C)(C)C(=O)C(C)CC(C)CCC1.C/C=C\c1csc(CC(C)C)n1. The molecular formula is C32H53NO3S. The lowest BCUT2D eigenvalue weighted by Gasteiger charge is -2.32. The molecule has 0 aromatic carbocycles. The number of aliphatic hydroxyl groups is 1. The van der Waals surface area contributed by atoms with E-state index in [0.717, 1.165) is 44.2 Å². The summed E-state index contributed by atoms with van der Waals surface area (Å²) in [6, 6.07) is 0. The minimum atomic E-state index is -0.897.